The monoisotopic (exact) mass is 542 g/mol. The Bertz CT molecular complexity index is 1420. The van der Waals surface area contributed by atoms with E-state index in [1.165, 1.54) is 13.2 Å². The van der Waals surface area contributed by atoms with Crippen LogP contribution in [0.15, 0.2) is 58.9 Å². The van der Waals surface area contributed by atoms with Gasteiger partial charge in [-0.3, -0.25) is 19.7 Å². The van der Waals surface area contributed by atoms with Gasteiger partial charge in [-0.05, 0) is 55.5 Å². The van der Waals surface area contributed by atoms with E-state index in [2.05, 4.69) is 0 Å². The molecule has 2 aliphatic carbocycles. The summed E-state index contributed by atoms with van der Waals surface area (Å²) in [5.74, 6) is -0.828. The molecule has 2 aromatic carbocycles. The van der Waals surface area contributed by atoms with Crippen LogP contribution in [-0.4, -0.2) is 35.5 Å². The third-order valence-electron chi connectivity index (χ3n) is 7.47. The Hall–Kier alpha value is -4.15. The second-order valence-corrected chi connectivity index (χ2v) is 9.72. The average molecular weight is 543 g/mol. The summed E-state index contributed by atoms with van der Waals surface area (Å²) in [6.07, 6.45) is -1.10. The van der Waals surface area contributed by atoms with Crippen molar-refractivity contribution in [3.05, 3.63) is 80.2 Å². The van der Waals surface area contributed by atoms with E-state index in [0.717, 1.165) is 43.1 Å². The first-order valence-electron chi connectivity index (χ1n) is 12.5. The largest absolute Gasteiger partial charge is 0.493 e. The summed E-state index contributed by atoms with van der Waals surface area (Å²) in [4.78, 5) is 38.9. The number of carbonyl (C=O) groups is 2. The molecule has 11 heteroatoms. The Kier molecular flexibility index (Phi) is 6.69. The Morgan fingerprint density at radius 2 is 1.49 bits per heavy atom. The van der Waals surface area contributed by atoms with Crippen molar-refractivity contribution in [2.24, 2.45) is 0 Å². The number of benzene rings is 2. The first-order chi connectivity index (χ1) is 18.5. The molecule has 0 N–H and O–H groups in total. The van der Waals surface area contributed by atoms with E-state index >= 15 is 0 Å². The number of ketones is 2. The topological polar surface area (TPSA) is 99.0 Å². The van der Waals surface area contributed by atoms with Crippen LogP contribution in [-0.2, 0) is 15.8 Å². The third-order valence-corrected chi connectivity index (χ3v) is 7.47. The molecule has 1 aliphatic heterocycles. The van der Waals surface area contributed by atoms with Gasteiger partial charge in [0.05, 0.1) is 17.6 Å². The van der Waals surface area contributed by atoms with Gasteiger partial charge in [0.2, 0.25) is 5.75 Å². The lowest BCUT2D eigenvalue weighted by atomic mass is 9.71. The van der Waals surface area contributed by atoms with Gasteiger partial charge >= 0.3 is 11.9 Å². The number of hydrogen-bond acceptors (Lipinski definition) is 7. The van der Waals surface area contributed by atoms with Gasteiger partial charge in [0.15, 0.2) is 23.1 Å². The normalized spacial score (nSPS) is 18.2. The fourth-order valence-corrected chi connectivity index (χ4v) is 5.68. The van der Waals surface area contributed by atoms with Crippen molar-refractivity contribution in [2.75, 3.05) is 14.2 Å². The van der Waals surface area contributed by atoms with Gasteiger partial charge in [0.25, 0.3) is 0 Å². The molecule has 0 bridgehead atoms. The molecule has 0 saturated carbocycles. The van der Waals surface area contributed by atoms with Crippen LogP contribution in [0, 0.1) is 10.1 Å². The lowest BCUT2D eigenvalue weighted by Gasteiger charge is -2.42. The SMILES string of the molecule is COc1cc(C2C3=C(CCCC3=O)N(C)C3=C2C(=O)CCC3)ccc1Oc1ccc(C(F)(F)F)cc1[N+](=O)[O-]. The molecule has 5 rings (SSSR count). The van der Waals surface area contributed by atoms with E-state index in [4.69, 9.17) is 9.47 Å². The molecule has 3 aliphatic rings. The van der Waals surface area contributed by atoms with Crippen LogP contribution < -0.4 is 9.47 Å². The molecule has 39 heavy (non-hydrogen) atoms. The summed E-state index contributed by atoms with van der Waals surface area (Å²) in [6.45, 7) is 0. The number of hydrogen-bond donors (Lipinski definition) is 0. The van der Waals surface area contributed by atoms with Gasteiger partial charge in [-0.1, -0.05) is 6.07 Å². The minimum Gasteiger partial charge on any atom is -0.493 e. The van der Waals surface area contributed by atoms with Crippen molar-refractivity contribution in [3.8, 4) is 17.2 Å². The maximum Gasteiger partial charge on any atom is 0.416 e. The fourth-order valence-electron chi connectivity index (χ4n) is 5.68. The molecule has 0 saturated heterocycles. The lowest BCUT2D eigenvalue weighted by molar-refractivity contribution is -0.385. The molecule has 0 spiro atoms. The average Bonchev–Trinajstić information content (AvgIpc) is 2.89. The standard InChI is InChI=1S/C28H25F3N2O6/c1-32-17-5-3-7-20(34)26(17)25(27-18(32)6-4-8-21(27)35)15-9-11-23(24(13-15)38-2)39-22-12-10-16(28(29,30)31)14-19(22)33(36)37/h9-14,25H,3-8H2,1-2H3. The van der Waals surface area contributed by atoms with Crippen molar-refractivity contribution in [1.29, 1.82) is 0 Å². The number of halogens is 3. The molecule has 204 valence electrons. The maximum atomic E-state index is 13.2. The summed E-state index contributed by atoms with van der Waals surface area (Å²) in [5, 5.41) is 11.5. The number of ether oxygens (including phenoxy) is 2. The molecule has 0 aromatic heterocycles. The minimum absolute atomic E-state index is 0.0160. The summed E-state index contributed by atoms with van der Waals surface area (Å²) >= 11 is 0. The molecular formula is C28H25F3N2O6. The number of nitro groups is 1. The zero-order valence-corrected chi connectivity index (χ0v) is 21.3. The molecule has 2 aromatic rings. The van der Waals surface area contributed by atoms with Gasteiger partial charge in [0.1, 0.15) is 0 Å². The quantitative estimate of drug-likeness (QED) is 0.316. The molecule has 0 atom stereocenters. The zero-order chi connectivity index (χ0) is 28.1. The second-order valence-electron chi connectivity index (χ2n) is 9.72. The van der Waals surface area contributed by atoms with Crippen LogP contribution in [0.2, 0.25) is 0 Å². The number of Topliss-reactive ketones (excluding diaryl/α,β-unsaturated/α-hetero) is 2. The van der Waals surface area contributed by atoms with Crippen molar-refractivity contribution in [2.45, 2.75) is 50.6 Å². The molecule has 0 amide bonds. The number of carbonyl (C=O) groups excluding carboxylic acids is 2. The van der Waals surface area contributed by atoms with E-state index in [-0.39, 0.29) is 23.1 Å². The van der Waals surface area contributed by atoms with E-state index < -0.39 is 34.0 Å². The molecule has 8 nitrogen and oxygen atoms in total. The molecule has 0 radical (unpaired) electrons. The first-order valence-corrected chi connectivity index (χ1v) is 12.5. The summed E-state index contributed by atoms with van der Waals surface area (Å²) in [5.41, 5.74) is 1.59. The highest BCUT2D eigenvalue weighted by Gasteiger charge is 2.42. The molecule has 0 unspecified atom stereocenters. The fraction of sp³-hybridized carbons (Fsp3) is 0.357. The summed E-state index contributed by atoms with van der Waals surface area (Å²) in [6, 6.07) is 6.76. The third kappa shape index (κ3) is 4.66. The van der Waals surface area contributed by atoms with Crippen LogP contribution in [0.5, 0.6) is 17.2 Å². The van der Waals surface area contributed by atoms with Crippen molar-refractivity contribution < 1.29 is 37.2 Å². The Morgan fingerprint density at radius 3 is 2.03 bits per heavy atom. The number of alkyl halides is 3. The smallest absolute Gasteiger partial charge is 0.416 e. The highest BCUT2D eigenvalue weighted by Crippen LogP contribution is 2.50. The lowest BCUT2D eigenvalue weighted by Crippen LogP contribution is -2.37. The van der Waals surface area contributed by atoms with Crippen molar-refractivity contribution in [1.82, 2.24) is 4.90 Å². The van der Waals surface area contributed by atoms with Crippen LogP contribution in [0.4, 0.5) is 18.9 Å². The maximum absolute atomic E-state index is 13.2. The van der Waals surface area contributed by atoms with Gasteiger partial charge in [-0.25, -0.2) is 0 Å². The molecular weight excluding hydrogens is 517 g/mol. The predicted molar refractivity (Wildman–Crippen MR) is 133 cm³/mol. The van der Waals surface area contributed by atoms with Gasteiger partial charge < -0.3 is 14.4 Å². The van der Waals surface area contributed by atoms with Gasteiger partial charge in [0, 0.05) is 54.4 Å². The Balaban J connectivity index is 1.58. The second kappa shape index (κ2) is 9.87. The highest BCUT2D eigenvalue weighted by atomic mass is 19.4. The number of nitrogens with zero attached hydrogens (tertiary/aromatic N) is 2. The van der Waals surface area contributed by atoms with Crippen molar-refractivity contribution >= 4 is 17.3 Å². The molecule has 1 heterocycles. The van der Waals surface area contributed by atoms with Crippen LogP contribution in [0.25, 0.3) is 0 Å². The van der Waals surface area contributed by atoms with Crippen LogP contribution in [0.3, 0.4) is 0 Å². The number of methoxy groups -OCH3 is 1. The summed E-state index contributed by atoms with van der Waals surface area (Å²) < 4.78 is 50.5. The van der Waals surface area contributed by atoms with E-state index in [1.807, 2.05) is 11.9 Å². The Morgan fingerprint density at radius 1 is 0.897 bits per heavy atom. The highest BCUT2D eigenvalue weighted by molar-refractivity contribution is 6.06. The van der Waals surface area contributed by atoms with Gasteiger partial charge in [-0.15, -0.1) is 0 Å². The van der Waals surface area contributed by atoms with Gasteiger partial charge in [-0.2, -0.15) is 13.2 Å². The number of nitro benzene ring substituents is 1. The van der Waals surface area contributed by atoms with E-state index in [9.17, 15) is 32.9 Å². The van der Waals surface area contributed by atoms with Crippen LogP contribution in [0.1, 0.15) is 55.6 Å². The first kappa shape index (κ1) is 26.5. The number of rotatable bonds is 5. The van der Waals surface area contributed by atoms with Crippen LogP contribution >= 0.6 is 0 Å². The zero-order valence-electron chi connectivity index (χ0n) is 21.3. The number of allylic oxidation sites excluding steroid dienone is 4. The minimum atomic E-state index is -4.76. The van der Waals surface area contributed by atoms with Crippen molar-refractivity contribution in [3.63, 3.8) is 0 Å². The van der Waals surface area contributed by atoms with E-state index in [1.54, 1.807) is 12.1 Å². The summed E-state index contributed by atoms with van der Waals surface area (Å²) in [7, 11) is 3.25. The predicted octanol–water partition coefficient (Wildman–Crippen LogP) is 6.46. The van der Waals surface area contributed by atoms with E-state index in [0.29, 0.717) is 41.7 Å². The molecule has 0 fully saturated rings. The Labute approximate surface area is 221 Å².